The molecule has 1 aromatic rings. The number of hydrogen-bond donors (Lipinski definition) is 0. The summed E-state index contributed by atoms with van der Waals surface area (Å²) in [5, 5.41) is 0. The van der Waals surface area contributed by atoms with Crippen molar-refractivity contribution in [3.05, 3.63) is 35.4 Å². The van der Waals surface area contributed by atoms with Crippen molar-refractivity contribution in [2.75, 3.05) is 19.8 Å². The van der Waals surface area contributed by atoms with Crippen LogP contribution < -0.4 is 0 Å². The van der Waals surface area contributed by atoms with Gasteiger partial charge in [0.25, 0.3) is 0 Å². The molecule has 1 amide bonds. The molecule has 1 aliphatic rings. The molecule has 1 saturated heterocycles. The number of likely N-dealkylation sites (N-methyl/N-ethyl adjacent to an activating group) is 1. The van der Waals surface area contributed by atoms with Crippen molar-refractivity contribution in [1.82, 2.24) is 9.21 Å². The third kappa shape index (κ3) is 3.63. The molecular weight excluding hydrogens is 288 g/mol. The molecule has 0 N–H and O–H groups in total. The van der Waals surface area contributed by atoms with Gasteiger partial charge in [0.15, 0.2) is 0 Å². The standard InChI is InChI=1S/C15H22N2O3S/c1-12-7-4-5-8-13(12)11-16(2)15(18)14-9-6-10-17(14)21(3,19)20/h4-5,7-8,14H,6,9-11H2,1-3H3. The molecule has 2 rings (SSSR count). The summed E-state index contributed by atoms with van der Waals surface area (Å²) < 4.78 is 24.8. The van der Waals surface area contributed by atoms with Gasteiger partial charge in [0.2, 0.25) is 15.9 Å². The topological polar surface area (TPSA) is 57.7 Å². The number of aryl methyl sites for hydroxylation is 1. The number of benzene rings is 1. The molecule has 1 heterocycles. The predicted octanol–water partition coefficient (Wildman–Crippen LogP) is 1.38. The number of carbonyl (C=O) groups is 1. The summed E-state index contributed by atoms with van der Waals surface area (Å²) in [6.07, 6.45) is 2.51. The maximum Gasteiger partial charge on any atom is 0.241 e. The van der Waals surface area contributed by atoms with Gasteiger partial charge in [0.05, 0.1) is 6.26 Å². The van der Waals surface area contributed by atoms with Gasteiger partial charge in [-0.1, -0.05) is 24.3 Å². The van der Waals surface area contributed by atoms with Crippen molar-refractivity contribution >= 4 is 15.9 Å². The van der Waals surface area contributed by atoms with Gasteiger partial charge < -0.3 is 4.90 Å². The highest BCUT2D eigenvalue weighted by molar-refractivity contribution is 7.88. The van der Waals surface area contributed by atoms with E-state index in [9.17, 15) is 13.2 Å². The molecule has 0 saturated carbocycles. The number of amides is 1. The Morgan fingerprint density at radius 3 is 2.67 bits per heavy atom. The molecule has 0 aliphatic carbocycles. The summed E-state index contributed by atoms with van der Waals surface area (Å²) in [5.74, 6) is -0.124. The van der Waals surface area contributed by atoms with Crippen molar-refractivity contribution in [1.29, 1.82) is 0 Å². The number of nitrogens with zero attached hydrogens (tertiary/aromatic N) is 2. The van der Waals surface area contributed by atoms with E-state index in [4.69, 9.17) is 0 Å². The minimum Gasteiger partial charge on any atom is -0.340 e. The zero-order valence-electron chi connectivity index (χ0n) is 12.7. The van der Waals surface area contributed by atoms with Gasteiger partial charge >= 0.3 is 0 Å². The molecular formula is C15H22N2O3S. The Morgan fingerprint density at radius 2 is 2.05 bits per heavy atom. The van der Waals surface area contributed by atoms with Crippen LogP contribution in [-0.2, 0) is 21.4 Å². The van der Waals surface area contributed by atoms with E-state index in [1.165, 1.54) is 10.6 Å². The van der Waals surface area contributed by atoms with E-state index >= 15 is 0 Å². The van der Waals surface area contributed by atoms with E-state index in [-0.39, 0.29) is 5.91 Å². The fourth-order valence-corrected chi connectivity index (χ4v) is 3.88. The second-order valence-electron chi connectivity index (χ2n) is 5.65. The Kier molecular flexibility index (Phi) is 4.68. The summed E-state index contributed by atoms with van der Waals surface area (Å²) >= 11 is 0. The van der Waals surface area contributed by atoms with Crippen molar-refractivity contribution in [3.8, 4) is 0 Å². The van der Waals surface area contributed by atoms with Crippen LogP contribution in [0, 0.1) is 6.92 Å². The lowest BCUT2D eigenvalue weighted by Gasteiger charge is -2.26. The monoisotopic (exact) mass is 310 g/mol. The van der Waals surface area contributed by atoms with E-state index in [1.807, 2.05) is 31.2 Å². The van der Waals surface area contributed by atoms with E-state index < -0.39 is 16.1 Å². The van der Waals surface area contributed by atoms with Gasteiger partial charge in [0, 0.05) is 20.1 Å². The minimum atomic E-state index is -3.33. The lowest BCUT2D eigenvalue weighted by atomic mass is 10.1. The van der Waals surface area contributed by atoms with Crippen molar-refractivity contribution in [2.45, 2.75) is 32.4 Å². The Labute approximate surface area is 126 Å². The quantitative estimate of drug-likeness (QED) is 0.844. The van der Waals surface area contributed by atoms with Crippen LogP contribution in [0.3, 0.4) is 0 Å². The second kappa shape index (κ2) is 6.15. The van der Waals surface area contributed by atoms with Gasteiger partial charge in [-0.3, -0.25) is 4.79 Å². The van der Waals surface area contributed by atoms with Crippen molar-refractivity contribution < 1.29 is 13.2 Å². The highest BCUT2D eigenvalue weighted by Crippen LogP contribution is 2.22. The molecule has 5 nitrogen and oxygen atoms in total. The van der Waals surface area contributed by atoms with Crippen LogP contribution in [0.25, 0.3) is 0 Å². The third-order valence-electron chi connectivity index (χ3n) is 3.96. The molecule has 116 valence electrons. The molecule has 1 aliphatic heterocycles. The minimum absolute atomic E-state index is 0.124. The van der Waals surface area contributed by atoms with Crippen LogP contribution in [0.15, 0.2) is 24.3 Å². The maximum absolute atomic E-state index is 12.5. The number of rotatable bonds is 4. The molecule has 0 radical (unpaired) electrons. The number of hydrogen-bond acceptors (Lipinski definition) is 3. The van der Waals surface area contributed by atoms with Crippen LogP contribution in [0.2, 0.25) is 0 Å². The highest BCUT2D eigenvalue weighted by Gasteiger charge is 2.37. The fourth-order valence-electron chi connectivity index (χ4n) is 2.76. The van der Waals surface area contributed by atoms with Crippen LogP contribution in [0.4, 0.5) is 0 Å². The lowest BCUT2D eigenvalue weighted by molar-refractivity contribution is -0.133. The number of carbonyl (C=O) groups excluding carboxylic acids is 1. The first kappa shape index (κ1) is 16.0. The zero-order chi connectivity index (χ0) is 15.6. The first-order valence-corrected chi connectivity index (χ1v) is 8.92. The van der Waals surface area contributed by atoms with Crippen LogP contribution >= 0.6 is 0 Å². The Hall–Kier alpha value is -1.40. The van der Waals surface area contributed by atoms with Gasteiger partial charge in [0.1, 0.15) is 6.04 Å². The van der Waals surface area contributed by atoms with Crippen LogP contribution in [0.5, 0.6) is 0 Å². The first-order chi connectivity index (χ1) is 9.80. The zero-order valence-corrected chi connectivity index (χ0v) is 13.6. The van der Waals surface area contributed by atoms with E-state index in [0.717, 1.165) is 17.5 Å². The molecule has 21 heavy (non-hydrogen) atoms. The SMILES string of the molecule is Cc1ccccc1CN(C)C(=O)C1CCCN1S(C)(=O)=O. The lowest BCUT2D eigenvalue weighted by Crippen LogP contribution is -2.45. The summed E-state index contributed by atoms with van der Waals surface area (Å²) in [6.45, 7) is 2.94. The Bertz CT molecular complexity index is 628. The van der Waals surface area contributed by atoms with Gasteiger partial charge in [-0.05, 0) is 30.9 Å². The van der Waals surface area contributed by atoms with Gasteiger partial charge in [-0.25, -0.2) is 8.42 Å². The molecule has 0 spiro atoms. The summed E-state index contributed by atoms with van der Waals surface area (Å²) in [7, 11) is -1.60. The van der Waals surface area contributed by atoms with E-state index in [1.54, 1.807) is 11.9 Å². The summed E-state index contributed by atoms with van der Waals surface area (Å²) in [5.41, 5.74) is 2.21. The number of sulfonamides is 1. The average Bonchev–Trinajstić information content (AvgIpc) is 2.89. The fraction of sp³-hybridized carbons (Fsp3) is 0.533. The highest BCUT2D eigenvalue weighted by atomic mass is 32.2. The first-order valence-electron chi connectivity index (χ1n) is 7.07. The average molecular weight is 310 g/mol. The summed E-state index contributed by atoms with van der Waals surface area (Å²) in [6, 6.07) is 7.35. The third-order valence-corrected chi connectivity index (χ3v) is 5.25. The second-order valence-corrected chi connectivity index (χ2v) is 7.59. The molecule has 1 unspecified atom stereocenters. The van der Waals surface area contributed by atoms with E-state index in [2.05, 4.69) is 0 Å². The van der Waals surface area contributed by atoms with Crippen molar-refractivity contribution in [2.24, 2.45) is 0 Å². The smallest absolute Gasteiger partial charge is 0.241 e. The molecule has 1 atom stereocenters. The molecule has 1 fully saturated rings. The Balaban J connectivity index is 2.11. The maximum atomic E-state index is 12.5. The summed E-state index contributed by atoms with van der Waals surface area (Å²) in [4.78, 5) is 14.2. The van der Waals surface area contributed by atoms with Crippen LogP contribution in [-0.4, -0.2) is 49.4 Å². The molecule has 0 bridgehead atoms. The van der Waals surface area contributed by atoms with E-state index in [0.29, 0.717) is 19.5 Å². The molecule has 1 aromatic carbocycles. The normalized spacial score (nSPS) is 19.7. The largest absolute Gasteiger partial charge is 0.340 e. The molecule has 0 aromatic heterocycles. The Morgan fingerprint density at radius 1 is 1.38 bits per heavy atom. The van der Waals surface area contributed by atoms with Gasteiger partial charge in [-0.15, -0.1) is 0 Å². The van der Waals surface area contributed by atoms with Crippen molar-refractivity contribution in [3.63, 3.8) is 0 Å². The predicted molar refractivity (Wildman–Crippen MR) is 82.2 cm³/mol. The van der Waals surface area contributed by atoms with Gasteiger partial charge in [-0.2, -0.15) is 4.31 Å². The van der Waals surface area contributed by atoms with Crippen LogP contribution in [0.1, 0.15) is 24.0 Å². The molecule has 6 heteroatoms.